The van der Waals surface area contributed by atoms with Gasteiger partial charge < -0.3 is 10.1 Å². The Morgan fingerprint density at radius 2 is 1.92 bits per heavy atom. The van der Waals surface area contributed by atoms with E-state index in [2.05, 4.69) is 25.1 Å². The molecule has 0 bridgehead atoms. The molecule has 186 valence electrons. The zero-order valence-electron chi connectivity index (χ0n) is 19.0. The molecule has 0 atom stereocenters. The number of carbonyl (C=O) groups excluding carboxylic acids is 1. The Kier molecular flexibility index (Phi) is 7.07. The molecule has 0 spiro atoms. The van der Waals surface area contributed by atoms with Gasteiger partial charge in [-0.1, -0.05) is 17.7 Å². The fourth-order valence-corrected chi connectivity index (χ4v) is 4.76. The van der Waals surface area contributed by atoms with Gasteiger partial charge in [0.1, 0.15) is 0 Å². The van der Waals surface area contributed by atoms with Crippen LogP contribution < -0.4 is 4.80 Å². The van der Waals surface area contributed by atoms with Gasteiger partial charge in [0, 0.05) is 38.1 Å². The molecule has 0 aliphatic carbocycles. The number of aromatic nitrogens is 5. The Hall–Kier alpha value is -3.61. The van der Waals surface area contributed by atoms with E-state index in [-0.39, 0.29) is 16.5 Å². The van der Waals surface area contributed by atoms with Crippen molar-refractivity contribution in [2.75, 3.05) is 26.2 Å². The van der Waals surface area contributed by atoms with Crippen molar-refractivity contribution < 1.29 is 14.4 Å². The maximum Gasteiger partial charge on any atom is 0.256 e. The molecule has 10 nitrogen and oxygen atoms in total. The quantitative estimate of drug-likeness (QED) is 0.386. The molecule has 36 heavy (non-hydrogen) atoms. The minimum absolute atomic E-state index is 0.0153. The number of nitrogens with zero attached hydrogens (tertiary/aromatic N) is 8. The van der Waals surface area contributed by atoms with E-state index >= 15 is 0 Å². The summed E-state index contributed by atoms with van der Waals surface area (Å²) >= 11 is 7.13. The fraction of sp³-hybridized carbons (Fsp3) is 0.261. The first-order valence-corrected chi connectivity index (χ1v) is 12.4. The van der Waals surface area contributed by atoms with Crippen molar-refractivity contribution in [3.8, 4) is 0 Å². The van der Waals surface area contributed by atoms with E-state index in [9.17, 15) is 14.4 Å². The summed E-state index contributed by atoms with van der Waals surface area (Å²) in [4.78, 5) is 27.7. The number of rotatable bonds is 6. The lowest BCUT2D eigenvalue weighted by Crippen LogP contribution is -2.48. The van der Waals surface area contributed by atoms with E-state index in [4.69, 9.17) is 11.6 Å². The molecule has 0 saturated carbocycles. The van der Waals surface area contributed by atoms with Crippen LogP contribution >= 0.6 is 22.9 Å². The number of benzene rings is 1. The third kappa shape index (κ3) is 5.45. The van der Waals surface area contributed by atoms with Gasteiger partial charge in [0.15, 0.2) is 11.6 Å². The van der Waals surface area contributed by atoms with Gasteiger partial charge in [-0.05, 0) is 29.8 Å². The highest BCUT2D eigenvalue weighted by Gasteiger charge is 2.25. The first-order valence-electron chi connectivity index (χ1n) is 11.2. The number of thiazole rings is 1. The van der Waals surface area contributed by atoms with Crippen LogP contribution in [0.1, 0.15) is 21.6 Å². The number of amides is 1. The van der Waals surface area contributed by atoms with Gasteiger partial charge in [-0.15, -0.1) is 11.3 Å². The Bertz CT molecular complexity index is 1430. The van der Waals surface area contributed by atoms with Crippen LogP contribution in [0, 0.1) is 5.82 Å². The SMILES string of the molecule is O=C(c1cccc(Cl)c1F)N1CCN(Cc2cc(Cn3nccn3)cc(/N=c3\sccn3O)n2)CC1. The monoisotopic (exact) mass is 528 g/mol. The third-order valence-electron chi connectivity index (χ3n) is 5.72. The normalized spacial score (nSPS) is 14.9. The summed E-state index contributed by atoms with van der Waals surface area (Å²) in [6.45, 7) is 3.11. The highest BCUT2D eigenvalue weighted by Crippen LogP contribution is 2.21. The average molecular weight is 529 g/mol. The summed E-state index contributed by atoms with van der Waals surface area (Å²) < 4.78 is 15.3. The molecule has 1 aliphatic rings. The molecule has 1 amide bonds. The Balaban J connectivity index is 1.31. The molecule has 1 N–H and O–H groups in total. The van der Waals surface area contributed by atoms with Crippen LogP contribution in [0.25, 0.3) is 0 Å². The second-order valence-corrected chi connectivity index (χ2v) is 9.48. The molecule has 3 aromatic heterocycles. The van der Waals surface area contributed by atoms with Crippen molar-refractivity contribution in [1.82, 2.24) is 34.5 Å². The van der Waals surface area contributed by atoms with Crippen molar-refractivity contribution >= 4 is 34.7 Å². The van der Waals surface area contributed by atoms with E-state index in [1.807, 2.05) is 12.1 Å². The average Bonchev–Trinajstić information content (AvgIpc) is 3.52. The largest absolute Gasteiger partial charge is 0.426 e. The predicted octanol–water partition coefficient (Wildman–Crippen LogP) is 2.80. The van der Waals surface area contributed by atoms with Crippen LogP contribution in [0.2, 0.25) is 5.02 Å². The summed E-state index contributed by atoms with van der Waals surface area (Å²) in [5.74, 6) is -0.591. The van der Waals surface area contributed by atoms with Crippen LogP contribution in [0.15, 0.2) is 59.3 Å². The first-order chi connectivity index (χ1) is 17.5. The number of piperazine rings is 1. The zero-order valence-corrected chi connectivity index (χ0v) is 20.6. The van der Waals surface area contributed by atoms with E-state index in [0.29, 0.717) is 49.9 Å². The van der Waals surface area contributed by atoms with Crippen molar-refractivity contribution in [3.63, 3.8) is 0 Å². The third-order valence-corrected chi connectivity index (χ3v) is 6.76. The van der Waals surface area contributed by atoms with Crippen LogP contribution in [0.5, 0.6) is 0 Å². The standard InChI is InChI=1S/C23H22ClFN8O2S/c24-19-3-1-2-18(21(19)25)22(34)31-8-6-30(7-9-31)15-17-12-16(14-33-26-4-5-27-33)13-20(28-17)29-23-32(35)10-11-36-23/h1-5,10-13,35H,6-9,14-15H2/b29-23-. The first kappa shape index (κ1) is 24.1. The lowest BCUT2D eigenvalue weighted by Gasteiger charge is -2.34. The molecule has 1 saturated heterocycles. The molecule has 13 heteroatoms. The minimum Gasteiger partial charge on any atom is -0.426 e. The van der Waals surface area contributed by atoms with E-state index in [1.165, 1.54) is 29.7 Å². The van der Waals surface area contributed by atoms with Crippen molar-refractivity contribution in [2.45, 2.75) is 13.1 Å². The number of hydrogen-bond acceptors (Lipinski definition) is 8. The molecule has 4 aromatic rings. The molecular weight excluding hydrogens is 507 g/mol. The molecule has 4 heterocycles. The summed E-state index contributed by atoms with van der Waals surface area (Å²) in [6.07, 6.45) is 4.74. The maximum atomic E-state index is 14.3. The molecular formula is C23H22ClFN8O2S. The summed E-state index contributed by atoms with van der Waals surface area (Å²) in [6, 6.07) is 8.26. The highest BCUT2D eigenvalue weighted by molar-refractivity contribution is 7.07. The number of carbonyl (C=O) groups is 1. The van der Waals surface area contributed by atoms with E-state index < -0.39 is 5.82 Å². The van der Waals surface area contributed by atoms with Crippen LogP contribution in [0.3, 0.4) is 0 Å². The van der Waals surface area contributed by atoms with Crippen molar-refractivity contribution in [1.29, 1.82) is 0 Å². The number of halogens is 2. The molecule has 1 fully saturated rings. The predicted molar refractivity (Wildman–Crippen MR) is 131 cm³/mol. The topological polar surface area (TPSA) is 105 Å². The molecule has 5 rings (SSSR count). The number of hydrogen-bond donors (Lipinski definition) is 1. The van der Waals surface area contributed by atoms with E-state index in [1.54, 1.807) is 33.5 Å². The van der Waals surface area contributed by atoms with Crippen LogP contribution in [-0.4, -0.2) is 71.8 Å². The smallest absolute Gasteiger partial charge is 0.256 e. The second-order valence-electron chi connectivity index (χ2n) is 8.20. The lowest BCUT2D eigenvalue weighted by molar-refractivity contribution is 0.0622. The van der Waals surface area contributed by atoms with Gasteiger partial charge in [0.2, 0.25) is 4.80 Å². The Morgan fingerprint density at radius 1 is 1.14 bits per heavy atom. The van der Waals surface area contributed by atoms with Crippen molar-refractivity contribution in [3.05, 3.63) is 86.8 Å². The summed E-state index contributed by atoms with van der Waals surface area (Å²) in [5.41, 5.74) is 1.69. The van der Waals surface area contributed by atoms with E-state index in [0.717, 1.165) is 16.0 Å². The van der Waals surface area contributed by atoms with Gasteiger partial charge >= 0.3 is 0 Å². The molecule has 1 aromatic carbocycles. The lowest BCUT2D eigenvalue weighted by atomic mass is 10.1. The highest BCUT2D eigenvalue weighted by atomic mass is 35.5. The Morgan fingerprint density at radius 3 is 2.64 bits per heavy atom. The van der Waals surface area contributed by atoms with Crippen molar-refractivity contribution in [2.24, 2.45) is 4.99 Å². The van der Waals surface area contributed by atoms with Crippen LogP contribution in [0.4, 0.5) is 10.2 Å². The Labute approximate surface area is 214 Å². The zero-order chi connectivity index (χ0) is 25.1. The molecule has 1 aliphatic heterocycles. The van der Waals surface area contributed by atoms with Gasteiger partial charge in [-0.3, -0.25) is 9.69 Å². The summed E-state index contributed by atoms with van der Waals surface area (Å²) in [7, 11) is 0. The van der Waals surface area contributed by atoms with Crippen LogP contribution in [-0.2, 0) is 13.1 Å². The van der Waals surface area contributed by atoms with Gasteiger partial charge in [0.25, 0.3) is 5.91 Å². The fourth-order valence-electron chi connectivity index (χ4n) is 3.97. The summed E-state index contributed by atoms with van der Waals surface area (Å²) in [5, 5.41) is 19.9. The molecule has 0 radical (unpaired) electrons. The van der Waals surface area contributed by atoms with Gasteiger partial charge in [-0.2, -0.15) is 24.7 Å². The maximum absolute atomic E-state index is 14.3. The number of pyridine rings is 1. The van der Waals surface area contributed by atoms with Gasteiger partial charge in [0.05, 0.1) is 41.4 Å². The second kappa shape index (κ2) is 10.6. The minimum atomic E-state index is -0.689. The molecule has 0 unspecified atom stereocenters. The van der Waals surface area contributed by atoms with Gasteiger partial charge in [-0.25, -0.2) is 9.37 Å².